The van der Waals surface area contributed by atoms with Crippen molar-refractivity contribution in [2.24, 2.45) is 0 Å². The molecule has 0 spiro atoms. The molecule has 0 fully saturated rings. The Balaban J connectivity index is 2.68. The average Bonchev–Trinajstić information content (AvgIpc) is 2.06. The SMILES string of the molecule is COC1(OC)C#CCCC1. The van der Waals surface area contributed by atoms with E-state index in [2.05, 4.69) is 11.8 Å². The molecule has 1 rings (SSSR count). The Hall–Kier alpha value is -0.520. The zero-order chi connectivity index (χ0) is 7.45. The summed E-state index contributed by atoms with van der Waals surface area (Å²) in [5, 5.41) is 0. The van der Waals surface area contributed by atoms with E-state index < -0.39 is 5.79 Å². The van der Waals surface area contributed by atoms with E-state index in [0.717, 1.165) is 19.3 Å². The van der Waals surface area contributed by atoms with Crippen molar-refractivity contribution in [3.8, 4) is 11.8 Å². The highest BCUT2D eigenvalue weighted by molar-refractivity contribution is 5.13. The molecule has 0 amide bonds. The quantitative estimate of drug-likeness (QED) is 0.423. The monoisotopic (exact) mass is 140 g/mol. The molecule has 2 nitrogen and oxygen atoms in total. The van der Waals surface area contributed by atoms with Gasteiger partial charge in [-0.3, -0.25) is 0 Å². The fourth-order valence-electron chi connectivity index (χ4n) is 1.06. The fourth-order valence-corrected chi connectivity index (χ4v) is 1.06. The Bertz CT molecular complexity index is 160. The molecule has 0 bridgehead atoms. The Labute approximate surface area is 61.5 Å². The van der Waals surface area contributed by atoms with Crippen molar-refractivity contribution in [2.45, 2.75) is 25.0 Å². The second-order valence-electron chi connectivity index (χ2n) is 2.32. The number of rotatable bonds is 2. The summed E-state index contributed by atoms with van der Waals surface area (Å²) in [5.41, 5.74) is 0. The van der Waals surface area contributed by atoms with Gasteiger partial charge >= 0.3 is 0 Å². The average molecular weight is 140 g/mol. The molecule has 10 heavy (non-hydrogen) atoms. The molecule has 0 saturated carbocycles. The second kappa shape index (κ2) is 3.05. The maximum Gasteiger partial charge on any atom is 0.233 e. The first-order chi connectivity index (χ1) is 4.83. The lowest BCUT2D eigenvalue weighted by atomic mass is 10.0. The van der Waals surface area contributed by atoms with Crippen molar-refractivity contribution in [3.63, 3.8) is 0 Å². The molecule has 2 heteroatoms. The fraction of sp³-hybridized carbons (Fsp3) is 0.750. The van der Waals surface area contributed by atoms with Gasteiger partial charge in [-0.2, -0.15) is 0 Å². The highest BCUT2D eigenvalue weighted by Crippen LogP contribution is 2.21. The van der Waals surface area contributed by atoms with Gasteiger partial charge in [0.2, 0.25) is 5.79 Å². The second-order valence-corrected chi connectivity index (χ2v) is 2.32. The minimum atomic E-state index is -0.599. The zero-order valence-corrected chi connectivity index (χ0v) is 6.44. The lowest BCUT2D eigenvalue weighted by molar-refractivity contribution is -0.168. The summed E-state index contributed by atoms with van der Waals surface area (Å²) < 4.78 is 10.3. The van der Waals surface area contributed by atoms with Gasteiger partial charge in [0.15, 0.2) is 0 Å². The van der Waals surface area contributed by atoms with Gasteiger partial charge in [-0.05, 0) is 12.3 Å². The molecule has 0 heterocycles. The van der Waals surface area contributed by atoms with Crippen LogP contribution in [0.15, 0.2) is 0 Å². The van der Waals surface area contributed by atoms with E-state index in [-0.39, 0.29) is 0 Å². The van der Waals surface area contributed by atoms with Gasteiger partial charge in [0.25, 0.3) is 0 Å². The van der Waals surface area contributed by atoms with Crippen LogP contribution in [0, 0.1) is 11.8 Å². The summed E-state index contributed by atoms with van der Waals surface area (Å²) in [7, 11) is 3.26. The van der Waals surface area contributed by atoms with Crippen molar-refractivity contribution < 1.29 is 9.47 Å². The molecule has 0 aromatic carbocycles. The minimum Gasteiger partial charge on any atom is -0.343 e. The molecular weight excluding hydrogens is 128 g/mol. The summed E-state index contributed by atoms with van der Waals surface area (Å²) in [6.45, 7) is 0. The highest BCUT2D eigenvalue weighted by atomic mass is 16.7. The number of ether oxygens (including phenoxy) is 2. The van der Waals surface area contributed by atoms with Crippen molar-refractivity contribution in [2.75, 3.05) is 14.2 Å². The third-order valence-electron chi connectivity index (χ3n) is 1.75. The molecular formula is C8H12O2. The molecule has 0 radical (unpaired) electrons. The molecule has 0 aromatic heterocycles. The van der Waals surface area contributed by atoms with Gasteiger partial charge < -0.3 is 9.47 Å². The van der Waals surface area contributed by atoms with Crippen molar-refractivity contribution >= 4 is 0 Å². The van der Waals surface area contributed by atoms with Crippen LogP contribution >= 0.6 is 0 Å². The lowest BCUT2D eigenvalue weighted by Crippen LogP contribution is -2.33. The van der Waals surface area contributed by atoms with Gasteiger partial charge in [-0.1, -0.05) is 5.92 Å². The third kappa shape index (κ3) is 1.31. The van der Waals surface area contributed by atoms with E-state index in [1.165, 1.54) is 0 Å². The standard InChI is InChI=1S/C8H12O2/c1-9-8(10-2)6-4-3-5-7-8/h3-4,6H2,1-2H3. The molecule has 0 N–H and O–H groups in total. The molecule has 0 atom stereocenters. The van der Waals surface area contributed by atoms with E-state index in [0.29, 0.717) is 0 Å². The van der Waals surface area contributed by atoms with Crippen LogP contribution < -0.4 is 0 Å². The first-order valence-corrected chi connectivity index (χ1v) is 3.43. The minimum absolute atomic E-state index is 0.599. The molecule has 0 saturated heterocycles. The van der Waals surface area contributed by atoms with Gasteiger partial charge in [0, 0.05) is 27.1 Å². The Morgan fingerprint density at radius 1 is 1.30 bits per heavy atom. The van der Waals surface area contributed by atoms with Crippen LogP contribution in [0.25, 0.3) is 0 Å². The van der Waals surface area contributed by atoms with Gasteiger partial charge in [0.05, 0.1) is 0 Å². The van der Waals surface area contributed by atoms with Gasteiger partial charge in [-0.15, -0.1) is 0 Å². The Morgan fingerprint density at radius 2 is 2.00 bits per heavy atom. The summed E-state index contributed by atoms with van der Waals surface area (Å²) in [6.07, 6.45) is 2.91. The van der Waals surface area contributed by atoms with Crippen molar-refractivity contribution in [1.82, 2.24) is 0 Å². The first kappa shape index (κ1) is 7.59. The Morgan fingerprint density at radius 3 is 2.30 bits per heavy atom. The normalized spacial score (nSPS) is 21.4. The zero-order valence-electron chi connectivity index (χ0n) is 6.44. The largest absolute Gasteiger partial charge is 0.343 e. The smallest absolute Gasteiger partial charge is 0.233 e. The van der Waals surface area contributed by atoms with Crippen molar-refractivity contribution in [1.29, 1.82) is 0 Å². The maximum atomic E-state index is 5.13. The number of hydrogen-bond donors (Lipinski definition) is 0. The topological polar surface area (TPSA) is 18.5 Å². The van der Waals surface area contributed by atoms with Gasteiger partial charge in [0.1, 0.15) is 0 Å². The molecule has 56 valence electrons. The van der Waals surface area contributed by atoms with Gasteiger partial charge in [-0.25, -0.2) is 0 Å². The van der Waals surface area contributed by atoms with Crippen LogP contribution in [0.4, 0.5) is 0 Å². The van der Waals surface area contributed by atoms with E-state index in [1.807, 2.05) is 0 Å². The van der Waals surface area contributed by atoms with Crippen LogP contribution in [-0.4, -0.2) is 20.0 Å². The van der Waals surface area contributed by atoms with Crippen LogP contribution in [0.2, 0.25) is 0 Å². The summed E-state index contributed by atoms with van der Waals surface area (Å²) in [5.74, 6) is 5.32. The number of hydrogen-bond acceptors (Lipinski definition) is 2. The lowest BCUT2D eigenvalue weighted by Gasteiger charge is -2.26. The summed E-state index contributed by atoms with van der Waals surface area (Å²) in [4.78, 5) is 0. The van der Waals surface area contributed by atoms with Crippen LogP contribution in [0.1, 0.15) is 19.3 Å². The highest BCUT2D eigenvalue weighted by Gasteiger charge is 2.27. The Kier molecular flexibility index (Phi) is 2.31. The predicted molar refractivity (Wildman–Crippen MR) is 38.4 cm³/mol. The molecule has 1 aliphatic carbocycles. The summed E-state index contributed by atoms with van der Waals surface area (Å²) >= 11 is 0. The molecule has 0 unspecified atom stereocenters. The predicted octanol–water partition coefficient (Wildman–Crippen LogP) is 1.16. The van der Waals surface area contributed by atoms with Crippen molar-refractivity contribution in [3.05, 3.63) is 0 Å². The van der Waals surface area contributed by atoms with E-state index in [1.54, 1.807) is 14.2 Å². The first-order valence-electron chi connectivity index (χ1n) is 3.43. The number of methoxy groups -OCH3 is 2. The molecule has 0 aliphatic heterocycles. The molecule has 0 aromatic rings. The maximum absolute atomic E-state index is 5.13. The van der Waals surface area contributed by atoms with Crippen LogP contribution in [-0.2, 0) is 9.47 Å². The molecule has 1 aliphatic rings. The van der Waals surface area contributed by atoms with E-state index >= 15 is 0 Å². The van der Waals surface area contributed by atoms with E-state index in [9.17, 15) is 0 Å². The van der Waals surface area contributed by atoms with E-state index in [4.69, 9.17) is 9.47 Å². The summed E-state index contributed by atoms with van der Waals surface area (Å²) in [6, 6.07) is 0. The third-order valence-corrected chi connectivity index (χ3v) is 1.75. The van der Waals surface area contributed by atoms with Crippen LogP contribution in [0.3, 0.4) is 0 Å². The van der Waals surface area contributed by atoms with Crippen LogP contribution in [0.5, 0.6) is 0 Å².